The van der Waals surface area contributed by atoms with E-state index in [1.807, 2.05) is 27.7 Å². The molecule has 0 aromatic heterocycles. The molecule has 0 aliphatic heterocycles. The molecule has 1 rings (SSSR count). The minimum atomic E-state index is 0.636. The third kappa shape index (κ3) is 6.27. The summed E-state index contributed by atoms with van der Waals surface area (Å²) >= 11 is 0. The highest BCUT2D eigenvalue weighted by atomic mass is 14.2. The fourth-order valence-corrected chi connectivity index (χ4v) is 2.31. The van der Waals surface area contributed by atoms with E-state index in [9.17, 15) is 0 Å². The number of rotatable bonds is 3. The SMILES string of the molecule is CC.CC.CCc1c(C(C)C)cc(C)cc1C(C)C. The van der Waals surface area contributed by atoms with Crippen LogP contribution in [-0.2, 0) is 6.42 Å². The summed E-state index contributed by atoms with van der Waals surface area (Å²) in [5, 5.41) is 0. The van der Waals surface area contributed by atoms with Crippen LogP contribution in [0.5, 0.6) is 0 Å². The molecule has 0 unspecified atom stereocenters. The lowest BCUT2D eigenvalue weighted by Crippen LogP contribution is -2.03. The van der Waals surface area contributed by atoms with Gasteiger partial charge in [-0.15, -0.1) is 0 Å². The molecular formula is C19H36. The van der Waals surface area contributed by atoms with E-state index < -0.39 is 0 Å². The molecule has 0 aliphatic carbocycles. The molecule has 0 nitrogen and oxygen atoms in total. The molecule has 0 aliphatic rings. The molecule has 0 amide bonds. The van der Waals surface area contributed by atoms with Gasteiger partial charge in [0.25, 0.3) is 0 Å². The standard InChI is InChI=1S/C15H24.2C2H6/c1-7-13-14(10(2)3)8-12(6)9-15(13)11(4)5;2*1-2/h8-11H,7H2,1-6H3;2*1-2H3. The fourth-order valence-electron chi connectivity index (χ4n) is 2.31. The third-order valence-corrected chi connectivity index (χ3v) is 3.06. The maximum Gasteiger partial charge on any atom is -0.0216 e. The van der Waals surface area contributed by atoms with Crippen LogP contribution < -0.4 is 0 Å². The lowest BCUT2D eigenvalue weighted by Gasteiger charge is -2.19. The van der Waals surface area contributed by atoms with Crippen LogP contribution in [0.25, 0.3) is 0 Å². The van der Waals surface area contributed by atoms with Crippen molar-refractivity contribution in [1.29, 1.82) is 0 Å². The molecule has 0 saturated carbocycles. The smallest absolute Gasteiger partial charge is 0.0216 e. The van der Waals surface area contributed by atoms with Gasteiger partial charge in [-0.05, 0) is 41.9 Å². The highest BCUT2D eigenvalue weighted by molar-refractivity contribution is 5.42. The summed E-state index contributed by atoms with van der Waals surface area (Å²) < 4.78 is 0. The van der Waals surface area contributed by atoms with Crippen molar-refractivity contribution in [2.45, 2.75) is 87.5 Å². The van der Waals surface area contributed by atoms with Gasteiger partial charge in [-0.1, -0.05) is 80.0 Å². The van der Waals surface area contributed by atoms with E-state index in [0.29, 0.717) is 11.8 Å². The zero-order chi connectivity index (χ0) is 15.6. The Kier molecular flexibility index (Phi) is 12.0. The van der Waals surface area contributed by atoms with Gasteiger partial charge in [-0.2, -0.15) is 0 Å². The zero-order valence-electron chi connectivity index (χ0n) is 15.0. The second kappa shape index (κ2) is 11.1. The molecule has 0 saturated heterocycles. The van der Waals surface area contributed by atoms with Gasteiger partial charge < -0.3 is 0 Å². The van der Waals surface area contributed by atoms with E-state index in [1.54, 1.807) is 16.7 Å². The molecule has 0 spiro atoms. The van der Waals surface area contributed by atoms with Gasteiger partial charge in [0.2, 0.25) is 0 Å². The summed E-state index contributed by atoms with van der Waals surface area (Å²) in [7, 11) is 0. The van der Waals surface area contributed by atoms with Gasteiger partial charge >= 0.3 is 0 Å². The Morgan fingerprint density at radius 3 is 1.32 bits per heavy atom. The van der Waals surface area contributed by atoms with Gasteiger partial charge in [0.1, 0.15) is 0 Å². The second-order valence-electron chi connectivity index (χ2n) is 5.08. The minimum Gasteiger partial charge on any atom is -0.0683 e. The summed E-state index contributed by atoms with van der Waals surface area (Å²) in [4.78, 5) is 0. The first-order valence-electron chi connectivity index (χ1n) is 8.10. The largest absolute Gasteiger partial charge is 0.0683 e. The predicted molar refractivity (Wildman–Crippen MR) is 91.4 cm³/mol. The van der Waals surface area contributed by atoms with Gasteiger partial charge in [0, 0.05) is 0 Å². The van der Waals surface area contributed by atoms with Crippen LogP contribution >= 0.6 is 0 Å². The molecule has 0 fully saturated rings. The first-order valence-corrected chi connectivity index (χ1v) is 8.10. The average molecular weight is 264 g/mol. The Bertz CT molecular complexity index is 303. The van der Waals surface area contributed by atoms with Crippen molar-refractivity contribution in [2.24, 2.45) is 0 Å². The molecule has 1 aromatic carbocycles. The molecule has 0 radical (unpaired) electrons. The molecule has 0 N–H and O–H groups in total. The maximum atomic E-state index is 2.36. The Morgan fingerprint density at radius 1 is 0.789 bits per heavy atom. The van der Waals surface area contributed by atoms with E-state index in [0.717, 1.165) is 6.42 Å². The quantitative estimate of drug-likeness (QED) is 0.559. The summed E-state index contributed by atoms with van der Waals surface area (Å²) in [6.07, 6.45) is 1.15. The van der Waals surface area contributed by atoms with Crippen molar-refractivity contribution < 1.29 is 0 Å². The molecule has 112 valence electrons. The molecular weight excluding hydrogens is 228 g/mol. The van der Waals surface area contributed by atoms with E-state index in [2.05, 4.69) is 53.7 Å². The van der Waals surface area contributed by atoms with Crippen LogP contribution in [0.4, 0.5) is 0 Å². The molecule has 0 heterocycles. The molecule has 0 bridgehead atoms. The van der Waals surface area contributed by atoms with E-state index in [-0.39, 0.29) is 0 Å². The van der Waals surface area contributed by atoms with Crippen molar-refractivity contribution in [1.82, 2.24) is 0 Å². The Balaban J connectivity index is 0. The van der Waals surface area contributed by atoms with Crippen molar-refractivity contribution in [3.63, 3.8) is 0 Å². The van der Waals surface area contributed by atoms with Crippen LogP contribution in [0.3, 0.4) is 0 Å². The van der Waals surface area contributed by atoms with Crippen LogP contribution in [0, 0.1) is 6.92 Å². The minimum absolute atomic E-state index is 0.636. The van der Waals surface area contributed by atoms with Gasteiger partial charge in [-0.3, -0.25) is 0 Å². The number of hydrogen-bond acceptors (Lipinski definition) is 0. The summed E-state index contributed by atoms with van der Waals surface area (Å²) in [6.45, 7) is 21.6. The van der Waals surface area contributed by atoms with Crippen LogP contribution in [-0.4, -0.2) is 0 Å². The number of benzene rings is 1. The highest BCUT2D eigenvalue weighted by Crippen LogP contribution is 2.29. The van der Waals surface area contributed by atoms with E-state index in [4.69, 9.17) is 0 Å². The van der Waals surface area contributed by atoms with Crippen molar-refractivity contribution in [3.8, 4) is 0 Å². The van der Waals surface area contributed by atoms with Gasteiger partial charge in [0.05, 0.1) is 0 Å². The van der Waals surface area contributed by atoms with Crippen molar-refractivity contribution in [2.75, 3.05) is 0 Å². The zero-order valence-corrected chi connectivity index (χ0v) is 15.0. The second-order valence-corrected chi connectivity index (χ2v) is 5.08. The lowest BCUT2D eigenvalue weighted by molar-refractivity contribution is 0.797. The Labute approximate surface area is 122 Å². The maximum absolute atomic E-state index is 2.36. The van der Waals surface area contributed by atoms with E-state index in [1.165, 1.54) is 5.56 Å². The molecule has 1 aromatic rings. The normalized spacial score (nSPS) is 9.68. The Morgan fingerprint density at radius 2 is 1.11 bits per heavy atom. The highest BCUT2D eigenvalue weighted by Gasteiger charge is 2.12. The predicted octanol–water partition coefficient (Wildman–Crippen LogP) is 6.86. The molecule has 0 atom stereocenters. The lowest BCUT2D eigenvalue weighted by atomic mass is 9.86. The number of aryl methyl sites for hydroxylation is 1. The van der Waals surface area contributed by atoms with Gasteiger partial charge in [0.15, 0.2) is 0 Å². The van der Waals surface area contributed by atoms with Gasteiger partial charge in [-0.25, -0.2) is 0 Å². The van der Waals surface area contributed by atoms with Crippen molar-refractivity contribution in [3.05, 3.63) is 34.4 Å². The molecule has 0 heteroatoms. The average Bonchev–Trinajstić information content (AvgIpc) is 2.42. The van der Waals surface area contributed by atoms with Crippen LogP contribution in [0.15, 0.2) is 12.1 Å². The third-order valence-electron chi connectivity index (χ3n) is 3.06. The van der Waals surface area contributed by atoms with Crippen LogP contribution in [0.2, 0.25) is 0 Å². The number of hydrogen-bond donors (Lipinski definition) is 0. The molecule has 19 heavy (non-hydrogen) atoms. The monoisotopic (exact) mass is 264 g/mol. The summed E-state index contributed by atoms with van der Waals surface area (Å²) in [5.74, 6) is 1.27. The first-order chi connectivity index (χ1) is 8.97. The summed E-state index contributed by atoms with van der Waals surface area (Å²) in [6, 6.07) is 4.71. The topological polar surface area (TPSA) is 0 Å². The Hall–Kier alpha value is -0.780. The van der Waals surface area contributed by atoms with Crippen molar-refractivity contribution >= 4 is 0 Å². The summed E-state index contributed by atoms with van der Waals surface area (Å²) in [5.41, 5.74) is 6.06. The first kappa shape index (κ1) is 20.5. The fraction of sp³-hybridized carbons (Fsp3) is 0.684. The van der Waals surface area contributed by atoms with Crippen LogP contribution in [0.1, 0.15) is 96.4 Å². The van der Waals surface area contributed by atoms with E-state index >= 15 is 0 Å².